The second kappa shape index (κ2) is 8.36. The summed E-state index contributed by atoms with van der Waals surface area (Å²) in [5.41, 5.74) is 2.90. The summed E-state index contributed by atoms with van der Waals surface area (Å²) < 4.78 is 6.42. The lowest BCUT2D eigenvalue weighted by Crippen LogP contribution is -2.24. The Hall–Kier alpha value is -1.31. The minimum atomic E-state index is -0.377. The van der Waals surface area contributed by atoms with Gasteiger partial charge in [-0.3, -0.25) is 4.79 Å². The molecule has 2 aromatic rings. The Kier molecular flexibility index (Phi) is 6.48. The van der Waals surface area contributed by atoms with Crippen molar-refractivity contribution in [3.8, 4) is 5.75 Å². The molecule has 0 aliphatic carbocycles. The standard InChI is InChI=1S/C15H11Cl2IN2O2/c16-13-2-1-3-14(17)12(13)8-19-20-15(21)9-22-11-6-4-10(18)5-7-11/h1-8H,9H2,(H,20,21)/b19-8-. The molecule has 0 aromatic heterocycles. The first-order valence-electron chi connectivity index (χ1n) is 6.20. The van der Waals surface area contributed by atoms with Gasteiger partial charge in [0.05, 0.1) is 16.3 Å². The normalized spacial score (nSPS) is 10.7. The molecule has 4 nitrogen and oxygen atoms in total. The molecule has 0 atom stereocenters. The van der Waals surface area contributed by atoms with Crippen LogP contribution in [0.25, 0.3) is 0 Å². The van der Waals surface area contributed by atoms with Crippen LogP contribution in [-0.2, 0) is 4.79 Å². The van der Waals surface area contributed by atoms with Crippen molar-refractivity contribution >= 4 is 57.9 Å². The lowest BCUT2D eigenvalue weighted by molar-refractivity contribution is -0.123. The largest absolute Gasteiger partial charge is 0.484 e. The number of halogens is 3. The molecule has 0 aliphatic rings. The molecule has 0 saturated heterocycles. The van der Waals surface area contributed by atoms with E-state index in [9.17, 15) is 4.79 Å². The number of ether oxygens (including phenoxy) is 1. The fourth-order valence-electron chi connectivity index (χ4n) is 1.51. The fourth-order valence-corrected chi connectivity index (χ4v) is 2.37. The second-order valence-electron chi connectivity index (χ2n) is 4.17. The van der Waals surface area contributed by atoms with Crippen LogP contribution in [0.2, 0.25) is 10.0 Å². The number of hydrogen-bond donors (Lipinski definition) is 1. The monoisotopic (exact) mass is 448 g/mol. The molecule has 1 amide bonds. The van der Waals surface area contributed by atoms with Gasteiger partial charge in [0.2, 0.25) is 0 Å². The van der Waals surface area contributed by atoms with Crippen LogP contribution in [0, 0.1) is 3.57 Å². The molecule has 22 heavy (non-hydrogen) atoms. The molecule has 0 aliphatic heterocycles. The zero-order valence-electron chi connectivity index (χ0n) is 11.2. The topological polar surface area (TPSA) is 50.7 Å². The first-order valence-corrected chi connectivity index (χ1v) is 8.04. The molecule has 0 fully saturated rings. The third-order valence-corrected chi connectivity index (χ3v) is 3.94. The van der Waals surface area contributed by atoms with Crippen molar-refractivity contribution in [2.24, 2.45) is 5.10 Å². The molecule has 0 heterocycles. The maximum atomic E-state index is 11.6. The van der Waals surface area contributed by atoms with Gasteiger partial charge in [-0.25, -0.2) is 5.43 Å². The highest BCUT2D eigenvalue weighted by Gasteiger charge is 2.04. The van der Waals surface area contributed by atoms with E-state index >= 15 is 0 Å². The lowest BCUT2D eigenvalue weighted by Gasteiger charge is -2.05. The van der Waals surface area contributed by atoms with E-state index in [0.29, 0.717) is 21.4 Å². The second-order valence-corrected chi connectivity index (χ2v) is 6.23. The minimum Gasteiger partial charge on any atom is -0.484 e. The Balaban J connectivity index is 1.85. The van der Waals surface area contributed by atoms with Gasteiger partial charge in [0.15, 0.2) is 6.61 Å². The third kappa shape index (κ3) is 5.15. The van der Waals surface area contributed by atoms with Crippen LogP contribution >= 0.6 is 45.8 Å². The van der Waals surface area contributed by atoms with Gasteiger partial charge in [0.1, 0.15) is 5.75 Å². The summed E-state index contributed by atoms with van der Waals surface area (Å²) in [6, 6.07) is 12.5. The van der Waals surface area contributed by atoms with E-state index < -0.39 is 0 Å². The van der Waals surface area contributed by atoms with Crippen molar-refractivity contribution in [2.45, 2.75) is 0 Å². The van der Waals surface area contributed by atoms with Gasteiger partial charge in [0.25, 0.3) is 5.91 Å². The van der Waals surface area contributed by atoms with E-state index in [1.54, 1.807) is 30.3 Å². The Labute approximate surface area is 151 Å². The van der Waals surface area contributed by atoms with E-state index in [0.717, 1.165) is 3.57 Å². The molecule has 7 heteroatoms. The van der Waals surface area contributed by atoms with Crippen LogP contribution in [0.1, 0.15) is 5.56 Å². The SMILES string of the molecule is O=C(COc1ccc(I)cc1)N/N=C\c1c(Cl)cccc1Cl. The first-order chi connectivity index (χ1) is 10.6. The quantitative estimate of drug-likeness (QED) is 0.424. The fraction of sp³-hybridized carbons (Fsp3) is 0.0667. The van der Waals surface area contributed by atoms with Crippen molar-refractivity contribution < 1.29 is 9.53 Å². The van der Waals surface area contributed by atoms with Crippen LogP contribution in [0.15, 0.2) is 47.6 Å². The number of rotatable bonds is 5. The van der Waals surface area contributed by atoms with Gasteiger partial charge >= 0.3 is 0 Å². The van der Waals surface area contributed by atoms with E-state index in [2.05, 4.69) is 33.1 Å². The molecule has 0 unspecified atom stereocenters. The summed E-state index contributed by atoms with van der Waals surface area (Å²) in [5.74, 6) is 0.242. The zero-order valence-corrected chi connectivity index (χ0v) is 14.9. The van der Waals surface area contributed by atoms with Crippen LogP contribution in [0.4, 0.5) is 0 Å². The number of benzene rings is 2. The van der Waals surface area contributed by atoms with Gasteiger partial charge in [-0.2, -0.15) is 5.10 Å². The van der Waals surface area contributed by atoms with E-state index in [-0.39, 0.29) is 12.5 Å². The Bertz CT molecular complexity index is 670. The smallest absolute Gasteiger partial charge is 0.277 e. The molecule has 2 rings (SSSR count). The molecule has 0 bridgehead atoms. The first kappa shape index (κ1) is 17.1. The number of carbonyl (C=O) groups excluding carboxylic acids is 1. The number of nitrogens with one attached hydrogen (secondary N) is 1. The Morgan fingerprint density at radius 1 is 1.18 bits per heavy atom. The van der Waals surface area contributed by atoms with E-state index in [1.807, 2.05) is 12.1 Å². The number of carbonyl (C=O) groups is 1. The van der Waals surface area contributed by atoms with Crippen molar-refractivity contribution in [2.75, 3.05) is 6.61 Å². The van der Waals surface area contributed by atoms with Crippen LogP contribution in [0.3, 0.4) is 0 Å². The number of hydrogen-bond acceptors (Lipinski definition) is 3. The molecule has 2 aromatic carbocycles. The minimum absolute atomic E-state index is 0.131. The van der Waals surface area contributed by atoms with Gasteiger partial charge in [0, 0.05) is 9.13 Å². The predicted molar refractivity (Wildman–Crippen MR) is 96.9 cm³/mol. The summed E-state index contributed by atoms with van der Waals surface area (Å²) >= 11 is 14.2. The van der Waals surface area contributed by atoms with Gasteiger partial charge in [-0.15, -0.1) is 0 Å². The summed E-state index contributed by atoms with van der Waals surface area (Å²) in [7, 11) is 0. The molecule has 114 valence electrons. The van der Waals surface area contributed by atoms with Crippen LogP contribution in [-0.4, -0.2) is 18.7 Å². The summed E-state index contributed by atoms with van der Waals surface area (Å²) in [6.45, 7) is -0.131. The molecular formula is C15H11Cl2IN2O2. The van der Waals surface area contributed by atoms with E-state index in [4.69, 9.17) is 27.9 Å². The molecule has 0 radical (unpaired) electrons. The van der Waals surface area contributed by atoms with Gasteiger partial charge in [-0.05, 0) is 59.0 Å². The highest BCUT2D eigenvalue weighted by atomic mass is 127. The predicted octanol–water partition coefficient (Wildman–Crippen LogP) is 4.13. The molecular weight excluding hydrogens is 438 g/mol. The Morgan fingerprint density at radius 3 is 2.45 bits per heavy atom. The highest BCUT2D eigenvalue weighted by Crippen LogP contribution is 2.22. The molecule has 0 saturated carbocycles. The summed E-state index contributed by atoms with van der Waals surface area (Å²) in [6.07, 6.45) is 1.40. The number of nitrogens with zero attached hydrogens (tertiary/aromatic N) is 1. The van der Waals surface area contributed by atoms with Crippen LogP contribution < -0.4 is 10.2 Å². The van der Waals surface area contributed by atoms with Crippen molar-refractivity contribution in [3.05, 3.63) is 61.6 Å². The average Bonchev–Trinajstić information content (AvgIpc) is 2.50. The zero-order chi connectivity index (χ0) is 15.9. The van der Waals surface area contributed by atoms with Gasteiger partial charge < -0.3 is 4.74 Å². The average molecular weight is 449 g/mol. The summed E-state index contributed by atoms with van der Waals surface area (Å²) in [5, 5.41) is 4.73. The van der Waals surface area contributed by atoms with Crippen molar-refractivity contribution in [1.29, 1.82) is 0 Å². The number of hydrazone groups is 1. The summed E-state index contributed by atoms with van der Waals surface area (Å²) in [4.78, 5) is 11.6. The third-order valence-electron chi connectivity index (χ3n) is 2.57. The number of amides is 1. The maximum Gasteiger partial charge on any atom is 0.277 e. The lowest BCUT2D eigenvalue weighted by atomic mass is 10.2. The van der Waals surface area contributed by atoms with Gasteiger partial charge in [-0.1, -0.05) is 29.3 Å². The highest BCUT2D eigenvalue weighted by molar-refractivity contribution is 14.1. The maximum absolute atomic E-state index is 11.6. The molecule has 1 N–H and O–H groups in total. The Morgan fingerprint density at radius 2 is 1.82 bits per heavy atom. The van der Waals surface area contributed by atoms with E-state index in [1.165, 1.54) is 6.21 Å². The van der Waals surface area contributed by atoms with Crippen molar-refractivity contribution in [3.63, 3.8) is 0 Å². The molecule has 0 spiro atoms. The van der Waals surface area contributed by atoms with Crippen LogP contribution in [0.5, 0.6) is 5.75 Å². The van der Waals surface area contributed by atoms with Crippen molar-refractivity contribution in [1.82, 2.24) is 5.43 Å².